The van der Waals surface area contributed by atoms with E-state index in [4.69, 9.17) is 14.7 Å². The third-order valence-electron chi connectivity index (χ3n) is 5.46. The Labute approximate surface area is 208 Å². The number of benzene rings is 3. The summed E-state index contributed by atoms with van der Waals surface area (Å²) in [7, 11) is -3.96. The topological polar surface area (TPSA) is 95.7 Å². The van der Waals surface area contributed by atoms with Crippen LogP contribution >= 0.6 is 0 Å². The first kappa shape index (κ1) is 26.4. The molecule has 0 amide bonds. The summed E-state index contributed by atoms with van der Waals surface area (Å²) in [6, 6.07) is 22.6. The zero-order chi connectivity index (χ0) is 25.6. The molecule has 0 saturated heterocycles. The number of hydrogen-bond acceptors (Lipinski definition) is 6. The van der Waals surface area contributed by atoms with Crippen LogP contribution in [0.25, 0.3) is 0 Å². The molecule has 6 nitrogen and oxygen atoms in total. The number of hydrogen-bond donors (Lipinski definition) is 1. The SMILES string of the molecule is Cc1ccc(S(=O)(=O)Oc2ccc(C(CC(=O)OC(C)(C)C)C(N)Cc3ccccc3)cc2)cc1. The summed E-state index contributed by atoms with van der Waals surface area (Å²) in [5.74, 6) is -0.483. The maximum atomic E-state index is 12.7. The predicted octanol–water partition coefficient (Wildman–Crippen LogP) is 5.15. The van der Waals surface area contributed by atoms with E-state index in [1.807, 2.05) is 58.0 Å². The Morgan fingerprint density at radius 2 is 1.51 bits per heavy atom. The lowest BCUT2D eigenvalue weighted by Crippen LogP contribution is -2.34. The average Bonchev–Trinajstić information content (AvgIpc) is 2.78. The molecule has 186 valence electrons. The summed E-state index contributed by atoms with van der Waals surface area (Å²) in [6.45, 7) is 7.35. The van der Waals surface area contributed by atoms with Gasteiger partial charge < -0.3 is 14.7 Å². The van der Waals surface area contributed by atoms with Crippen molar-refractivity contribution < 1.29 is 22.1 Å². The molecule has 3 rings (SSSR count). The highest BCUT2D eigenvalue weighted by atomic mass is 32.2. The van der Waals surface area contributed by atoms with Crippen LogP contribution in [0.5, 0.6) is 5.75 Å². The summed E-state index contributed by atoms with van der Waals surface area (Å²) in [5, 5.41) is 0. The molecule has 0 aliphatic heterocycles. The molecule has 0 aliphatic carbocycles. The highest BCUT2D eigenvalue weighted by Crippen LogP contribution is 2.29. The maximum absolute atomic E-state index is 12.7. The van der Waals surface area contributed by atoms with Crippen molar-refractivity contribution in [1.82, 2.24) is 0 Å². The van der Waals surface area contributed by atoms with Crippen LogP contribution in [-0.2, 0) is 26.1 Å². The highest BCUT2D eigenvalue weighted by molar-refractivity contribution is 7.87. The van der Waals surface area contributed by atoms with Crippen LogP contribution in [0.4, 0.5) is 0 Å². The molecular formula is C28H33NO5S. The molecule has 0 spiro atoms. The number of aryl methyl sites for hydroxylation is 1. The lowest BCUT2D eigenvalue weighted by Gasteiger charge is -2.26. The van der Waals surface area contributed by atoms with Gasteiger partial charge in [-0.25, -0.2) is 0 Å². The maximum Gasteiger partial charge on any atom is 0.339 e. The predicted molar refractivity (Wildman–Crippen MR) is 137 cm³/mol. The van der Waals surface area contributed by atoms with Crippen molar-refractivity contribution in [2.24, 2.45) is 5.73 Å². The second kappa shape index (κ2) is 11.1. The van der Waals surface area contributed by atoms with Crippen LogP contribution in [0, 0.1) is 6.92 Å². The van der Waals surface area contributed by atoms with Crippen molar-refractivity contribution >= 4 is 16.1 Å². The fraction of sp³-hybridized carbons (Fsp3) is 0.321. The number of nitrogens with two attached hydrogens (primary N) is 1. The average molecular weight is 496 g/mol. The van der Waals surface area contributed by atoms with Gasteiger partial charge in [0.25, 0.3) is 0 Å². The van der Waals surface area contributed by atoms with E-state index in [1.54, 1.807) is 36.4 Å². The Kier molecular flexibility index (Phi) is 8.35. The molecule has 35 heavy (non-hydrogen) atoms. The molecule has 2 N–H and O–H groups in total. The van der Waals surface area contributed by atoms with E-state index < -0.39 is 15.7 Å². The Morgan fingerprint density at radius 3 is 2.09 bits per heavy atom. The van der Waals surface area contributed by atoms with Gasteiger partial charge in [-0.3, -0.25) is 4.79 Å². The van der Waals surface area contributed by atoms with Gasteiger partial charge in [-0.2, -0.15) is 8.42 Å². The van der Waals surface area contributed by atoms with E-state index in [9.17, 15) is 13.2 Å². The summed E-state index contributed by atoms with van der Waals surface area (Å²) < 4.78 is 36.1. The van der Waals surface area contributed by atoms with E-state index in [1.165, 1.54) is 12.1 Å². The van der Waals surface area contributed by atoms with Crippen LogP contribution in [-0.4, -0.2) is 26.0 Å². The van der Waals surface area contributed by atoms with Gasteiger partial charge in [0.1, 0.15) is 16.2 Å². The number of rotatable bonds is 9. The summed E-state index contributed by atoms with van der Waals surface area (Å²) in [6.07, 6.45) is 0.682. The van der Waals surface area contributed by atoms with E-state index in [-0.39, 0.29) is 35.0 Å². The Hall–Kier alpha value is -3.16. The summed E-state index contributed by atoms with van der Waals surface area (Å²) in [4.78, 5) is 12.7. The van der Waals surface area contributed by atoms with Crippen molar-refractivity contribution in [3.05, 3.63) is 95.6 Å². The molecule has 0 saturated carbocycles. The summed E-state index contributed by atoms with van der Waals surface area (Å²) >= 11 is 0. The minimum Gasteiger partial charge on any atom is -0.460 e. The van der Waals surface area contributed by atoms with Crippen molar-refractivity contribution in [3.8, 4) is 5.75 Å². The second-order valence-corrected chi connectivity index (χ2v) is 11.2. The Morgan fingerprint density at radius 1 is 0.914 bits per heavy atom. The smallest absolute Gasteiger partial charge is 0.339 e. The molecule has 0 fully saturated rings. The number of carbonyl (C=O) groups is 1. The monoisotopic (exact) mass is 495 g/mol. The van der Waals surface area contributed by atoms with Crippen molar-refractivity contribution in [1.29, 1.82) is 0 Å². The molecule has 0 aromatic heterocycles. The molecule has 0 radical (unpaired) electrons. The molecule has 3 aromatic rings. The van der Waals surface area contributed by atoms with E-state index >= 15 is 0 Å². The fourth-order valence-electron chi connectivity index (χ4n) is 3.76. The summed E-state index contributed by atoms with van der Waals surface area (Å²) in [5.41, 5.74) is 8.81. The van der Waals surface area contributed by atoms with Crippen LogP contribution in [0.15, 0.2) is 83.8 Å². The van der Waals surface area contributed by atoms with Gasteiger partial charge in [0, 0.05) is 12.0 Å². The standard InChI is InChI=1S/C28H33NO5S/c1-20-10-16-24(17-11-20)35(31,32)34-23-14-12-22(13-15-23)25(19-27(30)33-28(2,3)4)26(29)18-21-8-6-5-7-9-21/h5-17,25-26H,18-19,29H2,1-4H3. The zero-order valence-electron chi connectivity index (χ0n) is 20.6. The molecular weight excluding hydrogens is 462 g/mol. The van der Waals surface area contributed by atoms with Gasteiger partial charge in [0.15, 0.2) is 0 Å². The third-order valence-corrected chi connectivity index (χ3v) is 6.72. The van der Waals surface area contributed by atoms with E-state index in [2.05, 4.69) is 0 Å². The molecule has 0 heterocycles. The van der Waals surface area contributed by atoms with E-state index in [0.29, 0.717) is 6.42 Å². The Bertz CT molecular complexity index is 1220. The third kappa shape index (κ3) is 7.94. The molecule has 7 heteroatoms. The first-order valence-electron chi connectivity index (χ1n) is 11.6. The van der Waals surface area contributed by atoms with Crippen LogP contribution in [0.2, 0.25) is 0 Å². The number of carbonyl (C=O) groups excluding carboxylic acids is 1. The van der Waals surface area contributed by atoms with Crippen molar-refractivity contribution in [2.45, 2.75) is 63.0 Å². The lowest BCUT2D eigenvalue weighted by atomic mass is 9.85. The molecule has 0 bridgehead atoms. The van der Waals surface area contributed by atoms with Gasteiger partial charge in [0.2, 0.25) is 0 Å². The first-order valence-corrected chi connectivity index (χ1v) is 13.0. The van der Waals surface area contributed by atoms with Crippen molar-refractivity contribution in [2.75, 3.05) is 0 Å². The van der Waals surface area contributed by atoms with Crippen LogP contribution in [0.3, 0.4) is 0 Å². The van der Waals surface area contributed by atoms with Gasteiger partial charge in [-0.05, 0) is 69.5 Å². The quantitative estimate of drug-likeness (QED) is 0.326. The highest BCUT2D eigenvalue weighted by Gasteiger charge is 2.27. The number of esters is 1. The minimum atomic E-state index is -3.96. The zero-order valence-corrected chi connectivity index (χ0v) is 21.4. The molecule has 2 atom stereocenters. The molecule has 2 unspecified atom stereocenters. The Balaban J connectivity index is 1.81. The van der Waals surface area contributed by atoms with Crippen LogP contribution in [0.1, 0.15) is 49.8 Å². The van der Waals surface area contributed by atoms with E-state index in [0.717, 1.165) is 16.7 Å². The first-order chi connectivity index (χ1) is 16.4. The lowest BCUT2D eigenvalue weighted by molar-refractivity contribution is -0.155. The molecule has 3 aromatic carbocycles. The number of ether oxygens (including phenoxy) is 1. The van der Waals surface area contributed by atoms with Crippen LogP contribution < -0.4 is 9.92 Å². The van der Waals surface area contributed by atoms with Gasteiger partial charge in [-0.1, -0.05) is 60.2 Å². The largest absolute Gasteiger partial charge is 0.460 e. The van der Waals surface area contributed by atoms with Gasteiger partial charge in [0.05, 0.1) is 6.42 Å². The van der Waals surface area contributed by atoms with Crippen molar-refractivity contribution in [3.63, 3.8) is 0 Å². The molecule has 0 aliphatic rings. The van der Waals surface area contributed by atoms with Gasteiger partial charge in [-0.15, -0.1) is 0 Å². The second-order valence-electron chi connectivity index (χ2n) is 9.67. The fourth-order valence-corrected chi connectivity index (χ4v) is 4.69. The van der Waals surface area contributed by atoms with Gasteiger partial charge >= 0.3 is 16.1 Å². The minimum absolute atomic E-state index is 0.0832. The normalized spacial score (nSPS) is 13.6.